The van der Waals surface area contributed by atoms with Gasteiger partial charge in [0.1, 0.15) is 6.07 Å². The van der Waals surface area contributed by atoms with Crippen molar-refractivity contribution >= 4 is 21.9 Å². The number of H-pyrrole nitrogens is 1. The lowest BCUT2D eigenvalue weighted by Crippen LogP contribution is -2.03. The molecule has 1 rings (SSSR count). The highest BCUT2D eigenvalue weighted by molar-refractivity contribution is 9.10. The molecule has 1 aromatic heterocycles. The van der Waals surface area contributed by atoms with Crippen molar-refractivity contribution in [3.8, 4) is 6.07 Å². The Balaban J connectivity index is 2.61. The molecule has 0 amide bonds. The van der Waals surface area contributed by atoms with Crippen molar-refractivity contribution < 1.29 is 9.53 Å². The zero-order valence-corrected chi connectivity index (χ0v) is 7.59. The SMILES string of the molecule is N#CCOC(=O)c1c[nH]c(Br)c1. The van der Waals surface area contributed by atoms with Gasteiger partial charge in [-0.1, -0.05) is 0 Å². The summed E-state index contributed by atoms with van der Waals surface area (Å²) in [5, 5.41) is 8.12. The number of esters is 1. The topological polar surface area (TPSA) is 65.9 Å². The summed E-state index contributed by atoms with van der Waals surface area (Å²) in [7, 11) is 0. The van der Waals surface area contributed by atoms with Gasteiger partial charge in [0, 0.05) is 6.20 Å². The summed E-state index contributed by atoms with van der Waals surface area (Å²) in [6, 6.07) is 3.29. The molecule has 0 aliphatic rings. The second kappa shape index (κ2) is 3.93. The van der Waals surface area contributed by atoms with Crippen molar-refractivity contribution in [3.05, 3.63) is 22.4 Å². The zero-order valence-electron chi connectivity index (χ0n) is 6.00. The minimum atomic E-state index is -0.501. The normalized spacial score (nSPS) is 9.00. The molecule has 0 saturated heterocycles. The first-order valence-electron chi connectivity index (χ1n) is 3.12. The smallest absolute Gasteiger partial charge is 0.340 e. The van der Waals surface area contributed by atoms with E-state index in [1.165, 1.54) is 6.20 Å². The first kappa shape index (κ1) is 8.81. The van der Waals surface area contributed by atoms with Crippen molar-refractivity contribution in [1.82, 2.24) is 4.98 Å². The van der Waals surface area contributed by atoms with Gasteiger partial charge in [0.05, 0.1) is 10.2 Å². The number of carbonyl (C=O) groups is 1. The number of rotatable bonds is 2. The van der Waals surface area contributed by atoms with Gasteiger partial charge in [0.25, 0.3) is 0 Å². The van der Waals surface area contributed by atoms with Crippen molar-refractivity contribution in [2.24, 2.45) is 0 Å². The van der Waals surface area contributed by atoms with Crippen LogP contribution < -0.4 is 0 Å². The van der Waals surface area contributed by atoms with Gasteiger partial charge >= 0.3 is 5.97 Å². The second-order valence-corrected chi connectivity index (χ2v) is 2.82. The number of nitrogens with one attached hydrogen (secondary N) is 1. The highest BCUT2D eigenvalue weighted by Crippen LogP contribution is 2.10. The van der Waals surface area contributed by atoms with Crippen molar-refractivity contribution in [3.63, 3.8) is 0 Å². The third-order valence-corrected chi connectivity index (χ3v) is 1.61. The molecule has 1 N–H and O–H groups in total. The average molecular weight is 229 g/mol. The van der Waals surface area contributed by atoms with Crippen molar-refractivity contribution in [1.29, 1.82) is 5.26 Å². The van der Waals surface area contributed by atoms with Crippen LogP contribution in [-0.2, 0) is 4.74 Å². The largest absolute Gasteiger partial charge is 0.447 e. The van der Waals surface area contributed by atoms with E-state index in [-0.39, 0.29) is 6.61 Å². The maximum atomic E-state index is 11.0. The summed E-state index contributed by atoms with van der Waals surface area (Å²) >= 11 is 3.14. The summed E-state index contributed by atoms with van der Waals surface area (Å²) in [5.41, 5.74) is 0.400. The molecule has 62 valence electrons. The Morgan fingerprint density at radius 3 is 3.08 bits per heavy atom. The molecule has 1 aromatic rings. The molecule has 0 radical (unpaired) electrons. The highest BCUT2D eigenvalue weighted by atomic mass is 79.9. The molecule has 0 atom stereocenters. The van der Waals surface area contributed by atoms with Crippen LogP contribution in [0, 0.1) is 11.3 Å². The van der Waals surface area contributed by atoms with E-state index in [9.17, 15) is 4.79 Å². The Labute approximate surface area is 77.3 Å². The molecule has 1 heterocycles. The Morgan fingerprint density at radius 2 is 2.58 bits per heavy atom. The number of nitrogens with zero attached hydrogens (tertiary/aromatic N) is 1. The van der Waals surface area contributed by atoms with Gasteiger partial charge in [-0.15, -0.1) is 0 Å². The fourth-order valence-corrected chi connectivity index (χ4v) is 1.03. The lowest BCUT2D eigenvalue weighted by atomic mass is 10.3. The molecular weight excluding hydrogens is 224 g/mol. The van der Waals surface area contributed by atoms with Crippen LogP contribution in [0.3, 0.4) is 0 Å². The molecule has 12 heavy (non-hydrogen) atoms. The van der Waals surface area contributed by atoms with Gasteiger partial charge in [-0.3, -0.25) is 0 Å². The van der Waals surface area contributed by atoms with E-state index in [1.807, 2.05) is 0 Å². The van der Waals surface area contributed by atoms with Crippen LogP contribution in [0.25, 0.3) is 0 Å². The van der Waals surface area contributed by atoms with E-state index in [1.54, 1.807) is 12.1 Å². The molecule has 0 bridgehead atoms. The third-order valence-electron chi connectivity index (χ3n) is 1.15. The fourth-order valence-electron chi connectivity index (χ4n) is 0.666. The zero-order chi connectivity index (χ0) is 8.97. The maximum Gasteiger partial charge on any atom is 0.340 e. The lowest BCUT2D eigenvalue weighted by Gasteiger charge is -1.94. The highest BCUT2D eigenvalue weighted by Gasteiger charge is 2.07. The number of aromatic nitrogens is 1. The molecule has 0 fully saturated rings. The van der Waals surface area contributed by atoms with Gasteiger partial charge in [0.15, 0.2) is 6.61 Å². The van der Waals surface area contributed by atoms with Crippen molar-refractivity contribution in [2.45, 2.75) is 0 Å². The molecule has 0 aliphatic carbocycles. The van der Waals surface area contributed by atoms with E-state index >= 15 is 0 Å². The molecule has 0 saturated carbocycles. The monoisotopic (exact) mass is 228 g/mol. The van der Waals surface area contributed by atoms with Gasteiger partial charge in [-0.2, -0.15) is 5.26 Å². The Morgan fingerprint density at radius 1 is 1.83 bits per heavy atom. The van der Waals surface area contributed by atoms with E-state index in [0.29, 0.717) is 10.2 Å². The van der Waals surface area contributed by atoms with Gasteiger partial charge in [-0.25, -0.2) is 4.79 Å². The van der Waals surface area contributed by atoms with E-state index < -0.39 is 5.97 Å². The first-order chi connectivity index (χ1) is 5.74. The van der Waals surface area contributed by atoms with Crippen LogP contribution in [0.1, 0.15) is 10.4 Å². The minimum Gasteiger partial charge on any atom is -0.447 e. The number of carbonyl (C=O) groups excluding carboxylic acids is 1. The van der Waals surface area contributed by atoms with Crippen LogP contribution in [0.4, 0.5) is 0 Å². The van der Waals surface area contributed by atoms with Gasteiger partial charge < -0.3 is 9.72 Å². The predicted molar refractivity (Wildman–Crippen MR) is 44.4 cm³/mol. The summed E-state index contributed by atoms with van der Waals surface area (Å²) in [5.74, 6) is -0.501. The molecule has 0 aliphatic heterocycles. The van der Waals surface area contributed by atoms with Crippen LogP contribution in [0.2, 0.25) is 0 Å². The van der Waals surface area contributed by atoms with Crippen molar-refractivity contribution in [2.75, 3.05) is 6.61 Å². The number of halogens is 1. The second-order valence-electron chi connectivity index (χ2n) is 1.97. The van der Waals surface area contributed by atoms with Crippen LogP contribution in [-0.4, -0.2) is 17.6 Å². The number of nitriles is 1. The molecule has 5 heteroatoms. The molecular formula is C7H5BrN2O2. The first-order valence-corrected chi connectivity index (χ1v) is 3.91. The Hall–Kier alpha value is -1.28. The van der Waals surface area contributed by atoms with E-state index in [2.05, 4.69) is 25.7 Å². The summed E-state index contributed by atoms with van der Waals surface area (Å²) in [6.07, 6.45) is 1.50. The fraction of sp³-hybridized carbons (Fsp3) is 0.143. The summed E-state index contributed by atoms with van der Waals surface area (Å²) in [6.45, 7) is -0.221. The average Bonchev–Trinajstić information content (AvgIpc) is 2.47. The van der Waals surface area contributed by atoms with E-state index in [4.69, 9.17) is 5.26 Å². The molecule has 0 aromatic carbocycles. The quantitative estimate of drug-likeness (QED) is 0.780. The number of hydrogen-bond donors (Lipinski definition) is 1. The molecule has 4 nitrogen and oxygen atoms in total. The number of aromatic amines is 1. The maximum absolute atomic E-state index is 11.0. The standard InChI is InChI=1S/C7H5BrN2O2/c8-6-3-5(4-10-6)7(11)12-2-1-9/h3-4,10H,2H2. The molecule has 0 spiro atoms. The van der Waals surface area contributed by atoms with Crippen LogP contribution in [0.15, 0.2) is 16.9 Å². The summed E-state index contributed by atoms with van der Waals surface area (Å²) < 4.78 is 5.25. The van der Waals surface area contributed by atoms with Gasteiger partial charge in [-0.05, 0) is 22.0 Å². The third kappa shape index (κ3) is 2.10. The number of ether oxygens (including phenoxy) is 1. The molecule has 0 unspecified atom stereocenters. The number of hydrogen-bond acceptors (Lipinski definition) is 3. The predicted octanol–water partition coefficient (Wildman–Crippen LogP) is 1.46. The van der Waals surface area contributed by atoms with Gasteiger partial charge in [0.2, 0.25) is 0 Å². The Bertz CT molecular complexity index is 326. The van der Waals surface area contributed by atoms with Crippen LogP contribution in [0.5, 0.6) is 0 Å². The minimum absolute atomic E-state index is 0.221. The Kier molecular flexibility index (Phi) is 2.88. The summed E-state index contributed by atoms with van der Waals surface area (Å²) in [4.78, 5) is 13.8. The van der Waals surface area contributed by atoms with Crippen LogP contribution >= 0.6 is 15.9 Å². The lowest BCUT2D eigenvalue weighted by molar-refractivity contribution is 0.0555. The van der Waals surface area contributed by atoms with E-state index in [0.717, 1.165) is 0 Å².